The molecule has 2 atom stereocenters. The van der Waals surface area contributed by atoms with Crippen LogP contribution in [0.2, 0.25) is 38.8 Å². The Morgan fingerprint density at radius 2 is 1.40 bits per heavy atom. The van der Waals surface area contributed by atoms with Gasteiger partial charge in [-0.2, -0.15) is 0 Å². The van der Waals surface area contributed by atoms with Crippen LogP contribution in [0.4, 0.5) is 0 Å². The highest BCUT2D eigenvalue weighted by Crippen LogP contribution is 2.43. The molecule has 0 aliphatic carbocycles. The standard InChI is InChI=1S/C16H38O5Si4/c1-12-15(17)21-16(13-2)25(22(7,8)18-4,23(9,10)19-5)24(11,14-3)20-6/h12,16H,1,13-14H2,2-11H3. The number of esters is 1. The van der Waals surface area contributed by atoms with Crippen molar-refractivity contribution in [2.24, 2.45) is 0 Å². The van der Waals surface area contributed by atoms with Gasteiger partial charge < -0.3 is 18.0 Å². The average Bonchev–Trinajstić information content (AvgIpc) is 2.59. The van der Waals surface area contributed by atoms with E-state index in [4.69, 9.17) is 18.0 Å². The summed E-state index contributed by atoms with van der Waals surface area (Å²) < 4.78 is 24.8. The number of hydrogen-bond acceptors (Lipinski definition) is 5. The van der Waals surface area contributed by atoms with Crippen LogP contribution in [0, 0.1) is 0 Å². The zero-order valence-corrected chi connectivity index (χ0v) is 21.8. The third-order valence-corrected chi connectivity index (χ3v) is 70.8. The van der Waals surface area contributed by atoms with Crippen molar-refractivity contribution in [2.45, 2.75) is 64.8 Å². The molecule has 0 aromatic heterocycles. The zero-order valence-electron chi connectivity index (χ0n) is 17.8. The number of carbonyl (C=O) groups excluding carboxylic acids is 1. The topological polar surface area (TPSA) is 54.0 Å². The molecule has 0 rings (SSSR count). The minimum absolute atomic E-state index is 0.183. The van der Waals surface area contributed by atoms with Gasteiger partial charge in [-0.15, -0.1) is 0 Å². The number of rotatable bonds is 11. The Morgan fingerprint density at radius 1 is 0.960 bits per heavy atom. The van der Waals surface area contributed by atoms with Crippen molar-refractivity contribution in [1.29, 1.82) is 0 Å². The van der Waals surface area contributed by atoms with Gasteiger partial charge in [-0.05, 0) is 45.2 Å². The van der Waals surface area contributed by atoms with Crippen LogP contribution in [0.5, 0.6) is 0 Å². The molecule has 0 aromatic carbocycles. The third-order valence-electron chi connectivity index (χ3n) is 6.16. The summed E-state index contributed by atoms with van der Waals surface area (Å²) in [5.41, 5.74) is -0.183. The summed E-state index contributed by atoms with van der Waals surface area (Å²) in [6, 6.07) is 0.956. The van der Waals surface area contributed by atoms with Crippen molar-refractivity contribution in [1.82, 2.24) is 0 Å². The fourth-order valence-electron chi connectivity index (χ4n) is 4.69. The van der Waals surface area contributed by atoms with E-state index in [0.717, 1.165) is 12.5 Å². The van der Waals surface area contributed by atoms with Gasteiger partial charge in [-0.1, -0.05) is 20.4 Å². The Balaban J connectivity index is 6.99. The van der Waals surface area contributed by atoms with Crippen LogP contribution < -0.4 is 0 Å². The van der Waals surface area contributed by atoms with Crippen molar-refractivity contribution in [3.05, 3.63) is 12.7 Å². The van der Waals surface area contributed by atoms with E-state index in [1.807, 2.05) is 7.11 Å². The lowest BCUT2D eigenvalue weighted by atomic mass is 10.5. The second-order valence-electron chi connectivity index (χ2n) is 7.56. The van der Waals surface area contributed by atoms with E-state index >= 15 is 0 Å². The molecule has 9 heteroatoms. The molecule has 0 N–H and O–H groups in total. The molecule has 0 fully saturated rings. The van der Waals surface area contributed by atoms with E-state index in [0.29, 0.717) is 0 Å². The molecule has 0 amide bonds. The van der Waals surface area contributed by atoms with Gasteiger partial charge in [0.05, 0.1) is 5.73 Å². The highest BCUT2D eigenvalue weighted by atomic mass is 29.9. The second kappa shape index (κ2) is 9.24. The number of hydrogen-bond donors (Lipinski definition) is 0. The molecule has 0 bridgehead atoms. The summed E-state index contributed by atoms with van der Waals surface area (Å²) in [6.07, 6.45) is 2.00. The van der Waals surface area contributed by atoms with Gasteiger partial charge >= 0.3 is 5.97 Å². The molecule has 148 valence electrons. The van der Waals surface area contributed by atoms with Crippen LogP contribution in [0.3, 0.4) is 0 Å². The number of ether oxygens (including phenoxy) is 1. The SMILES string of the molecule is C=CC(=O)OC(CC)[Si]([Si](C)(C)OC)([Si](C)(C)OC)[Si](C)(CC)OC. The van der Waals surface area contributed by atoms with E-state index in [1.54, 1.807) is 14.2 Å². The predicted octanol–water partition coefficient (Wildman–Crippen LogP) is 3.66. The molecular formula is C16H38O5Si4. The molecule has 25 heavy (non-hydrogen) atoms. The molecule has 5 nitrogen and oxygen atoms in total. The Kier molecular flexibility index (Phi) is 9.23. The van der Waals surface area contributed by atoms with Gasteiger partial charge in [0.15, 0.2) is 30.1 Å². The largest absolute Gasteiger partial charge is 0.464 e. The smallest absolute Gasteiger partial charge is 0.330 e. The first-order valence-corrected chi connectivity index (χ1v) is 22.4. The van der Waals surface area contributed by atoms with Crippen molar-refractivity contribution >= 4 is 36.1 Å². The summed E-state index contributed by atoms with van der Waals surface area (Å²) in [6.45, 7) is 16.7. The van der Waals surface area contributed by atoms with Gasteiger partial charge in [0, 0.05) is 27.4 Å². The van der Waals surface area contributed by atoms with Gasteiger partial charge in [-0.3, -0.25) is 0 Å². The fraction of sp³-hybridized carbons (Fsp3) is 0.812. The van der Waals surface area contributed by atoms with Gasteiger partial charge in [0.25, 0.3) is 0 Å². The van der Waals surface area contributed by atoms with Crippen molar-refractivity contribution in [2.75, 3.05) is 21.3 Å². The van der Waals surface area contributed by atoms with Crippen molar-refractivity contribution in [3.63, 3.8) is 0 Å². The first-order valence-electron chi connectivity index (χ1n) is 8.89. The van der Waals surface area contributed by atoms with Crippen LogP contribution in [0.25, 0.3) is 0 Å². The lowest BCUT2D eigenvalue weighted by molar-refractivity contribution is -0.139. The Labute approximate surface area is 157 Å². The van der Waals surface area contributed by atoms with Crippen LogP contribution in [-0.4, -0.2) is 63.2 Å². The van der Waals surface area contributed by atoms with Crippen LogP contribution in [-0.2, 0) is 22.8 Å². The maximum Gasteiger partial charge on any atom is 0.330 e. The van der Waals surface area contributed by atoms with Crippen molar-refractivity contribution < 1.29 is 22.8 Å². The molecule has 0 saturated heterocycles. The Morgan fingerprint density at radius 3 is 1.64 bits per heavy atom. The maximum atomic E-state index is 12.2. The lowest BCUT2D eigenvalue weighted by Crippen LogP contribution is -2.92. The second-order valence-corrected chi connectivity index (χ2v) is 42.3. The highest BCUT2D eigenvalue weighted by Gasteiger charge is 2.76. The normalized spacial score (nSPS) is 16.9. The van der Waals surface area contributed by atoms with Crippen LogP contribution in [0.15, 0.2) is 12.7 Å². The summed E-state index contributed by atoms with van der Waals surface area (Å²) in [5.74, 6) is -0.367. The third kappa shape index (κ3) is 4.12. The Hall–Kier alpha value is -0.0425. The maximum absolute atomic E-state index is 12.2. The monoisotopic (exact) mass is 422 g/mol. The van der Waals surface area contributed by atoms with Gasteiger partial charge in [0.2, 0.25) is 0 Å². The summed E-state index contributed by atoms with van der Waals surface area (Å²) >= 11 is 0. The molecule has 0 spiro atoms. The molecule has 0 saturated carbocycles. The molecule has 0 radical (unpaired) electrons. The molecular weight excluding hydrogens is 385 g/mol. The predicted molar refractivity (Wildman–Crippen MR) is 114 cm³/mol. The van der Waals surface area contributed by atoms with Crippen LogP contribution in [0.1, 0.15) is 20.3 Å². The van der Waals surface area contributed by atoms with Crippen molar-refractivity contribution in [3.8, 4) is 0 Å². The summed E-state index contributed by atoms with van der Waals surface area (Å²) in [7, 11) is -1.34. The average molecular weight is 423 g/mol. The molecule has 0 heterocycles. The van der Waals surface area contributed by atoms with Crippen LogP contribution >= 0.6 is 0 Å². The minimum atomic E-state index is -2.45. The van der Waals surface area contributed by atoms with E-state index in [2.05, 4.69) is 53.2 Å². The molecule has 0 aromatic rings. The summed E-state index contributed by atoms with van der Waals surface area (Å²) in [5, 5.41) is 0. The molecule has 0 aliphatic heterocycles. The van der Waals surface area contributed by atoms with E-state index in [1.165, 1.54) is 6.08 Å². The van der Waals surface area contributed by atoms with E-state index in [-0.39, 0.29) is 11.7 Å². The zero-order chi connectivity index (χ0) is 20.1. The van der Waals surface area contributed by atoms with Gasteiger partial charge in [0.1, 0.15) is 0 Å². The minimum Gasteiger partial charge on any atom is -0.464 e. The van der Waals surface area contributed by atoms with E-state index < -0.39 is 30.1 Å². The molecule has 0 aliphatic rings. The van der Waals surface area contributed by atoms with E-state index in [9.17, 15) is 4.79 Å². The highest BCUT2D eigenvalue weighted by molar-refractivity contribution is 7.87. The molecule has 2 unspecified atom stereocenters. The quantitative estimate of drug-likeness (QED) is 0.289. The number of carbonyl (C=O) groups is 1. The Bertz CT molecular complexity index is 447. The lowest BCUT2D eigenvalue weighted by Gasteiger charge is -2.59. The summed E-state index contributed by atoms with van der Waals surface area (Å²) in [4.78, 5) is 12.2. The fourth-order valence-corrected chi connectivity index (χ4v) is 83.9. The van der Waals surface area contributed by atoms with Gasteiger partial charge in [-0.25, -0.2) is 4.79 Å². The first-order chi connectivity index (χ1) is 11.4. The first kappa shape index (κ1) is 25.0.